The first-order valence-electron chi connectivity index (χ1n) is 13.1. The van der Waals surface area contributed by atoms with E-state index in [4.69, 9.17) is 0 Å². The predicted molar refractivity (Wildman–Crippen MR) is 159 cm³/mol. The molecule has 0 aliphatic heterocycles. The smallest absolute Gasteiger partial charge is 0.306 e. The van der Waals surface area contributed by atoms with Gasteiger partial charge in [-0.1, -0.05) is 12.7 Å². The van der Waals surface area contributed by atoms with Crippen LogP contribution < -0.4 is 27.6 Å². The van der Waals surface area contributed by atoms with Crippen molar-refractivity contribution in [2.75, 3.05) is 26.5 Å². The number of carbonyl (C=O) groups is 1. The van der Waals surface area contributed by atoms with Crippen LogP contribution in [-0.4, -0.2) is 61.2 Å². The van der Waals surface area contributed by atoms with Crippen LogP contribution in [0.15, 0.2) is 87.2 Å². The van der Waals surface area contributed by atoms with Crippen LogP contribution in [-0.2, 0) is 17.9 Å². The van der Waals surface area contributed by atoms with Crippen molar-refractivity contribution < 1.29 is 18.4 Å². The normalized spacial score (nSPS) is 11.9. The van der Waals surface area contributed by atoms with E-state index in [1.165, 1.54) is 17.9 Å². The van der Waals surface area contributed by atoms with Crippen LogP contribution in [0.4, 0.5) is 19.3 Å². The summed E-state index contributed by atoms with van der Waals surface area (Å²) in [7, 11) is 4.86. The van der Waals surface area contributed by atoms with Gasteiger partial charge in [-0.3, -0.25) is 19.0 Å². The van der Waals surface area contributed by atoms with Gasteiger partial charge in [0.25, 0.3) is 11.1 Å². The Morgan fingerprint density at radius 1 is 1.14 bits per heavy atom. The molecule has 14 nitrogen and oxygen atoms in total. The van der Waals surface area contributed by atoms with E-state index in [-0.39, 0.29) is 36.4 Å². The summed E-state index contributed by atoms with van der Waals surface area (Å²) >= 11 is 0. The van der Waals surface area contributed by atoms with Crippen molar-refractivity contribution in [3.05, 3.63) is 110 Å². The van der Waals surface area contributed by atoms with Gasteiger partial charge in [0.15, 0.2) is 11.5 Å². The SMILES string of the molecule is C=C(F)/C=C\C=C(\F)CCn1c(=O)n(-c2ccc(=O)[nH]n2)c(=O)c2c(CN(C)C)n(-c3ccc(NC(=O)NOC)cc3)nc21. The van der Waals surface area contributed by atoms with Crippen LogP contribution >= 0.6 is 0 Å². The highest BCUT2D eigenvalue weighted by Crippen LogP contribution is 2.22. The molecule has 0 unspecified atom stereocenters. The van der Waals surface area contributed by atoms with Crippen LogP contribution in [0, 0.1) is 0 Å². The highest BCUT2D eigenvalue weighted by atomic mass is 19.1. The third kappa shape index (κ3) is 7.11. The number of rotatable bonds is 11. The van der Waals surface area contributed by atoms with Gasteiger partial charge >= 0.3 is 11.7 Å². The number of hydroxylamine groups is 1. The fourth-order valence-electron chi connectivity index (χ4n) is 4.28. The first kappa shape index (κ1) is 31.5. The van der Waals surface area contributed by atoms with Crippen LogP contribution in [0.5, 0.6) is 0 Å². The molecule has 0 fully saturated rings. The van der Waals surface area contributed by atoms with Gasteiger partial charge in [0, 0.05) is 31.3 Å². The van der Waals surface area contributed by atoms with Gasteiger partial charge < -0.3 is 10.2 Å². The van der Waals surface area contributed by atoms with E-state index in [0.29, 0.717) is 17.1 Å². The van der Waals surface area contributed by atoms with Gasteiger partial charge in [0.1, 0.15) is 17.0 Å². The number of aromatic nitrogens is 6. The van der Waals surface area contributed by atoms with Crippen molar-refractivity contribution in [1.82, 2.24) is 39.5 Å². The van der Waals surface area contributed by atoms with E-state index < -0.39 is 34.5 Å². The Balaban J connectivity index is 1.93. The Bertz CT molecular complexity index is 1920. The van der Waals surface area contributed by atoms with E-state index in [1.54, 1.807) is 43.3 Å². The molecule has 4 rings (SSSR count). The molecule has 3 heterocycles. The van der Waals surface area contributed by atoms with Gasteiger partial charge in [0.05, 0.1) is 18.5 Å². The van der Waals surface area contributed by atoms with Gasteiger partial charge in [0.2, 0.25) is 0 Å². The Kier molecular flexibility index (Phi) is 9.77. The zero-order chi connectivity index (χ0) is 32.0. The molecular formula is C28H29F2N9O5. The Hall–Kier alpha value is -5.48. The number of urea groups is 1. The summed E-state index contributed by atoms with van der Waals surface area (Å²) in [6.45, 7) is 3.02. The minimum atomic E-state index is -0.868. The molecule has 4 aromatic rings. The number of H-pyrrole nitrogens is 1. The molecule has 0 saturated carbocycles. The monoisotopic (exact) mass is 609 g/mol. The highest BCUT2D eigenvalue weighted by molar-refractivity contribution is 5.88. The number of halogens is 2. The Labute approximate surface area is 248 Å². The summed E-state index contributed by atoms with van der Waals surface area (Å²) in [6, 6.07) is 8.23. The van der Waals surface area contributed by atoms with Crippen molar-refractivity contribution >= 4 is 22.8 Å². The third-order valence-corrected chi connectivity index (χ3v) is 6.11. The molecule has 0 aliphatic carbocycles. The van der Waals surface area contributed by atoms with E-state index >= 15 is 0 Å². The molecule has 0 radical (unpaired) electrons. The number of aromatic amines is 1. The van der Waals surface area contributed by atoms with Crippen molar-refractivity contribution in [3.63, 3.8) is 0 Å². The van der Waals surface area contributed by atoms with E-state index in [2.05, 4.69) is 37.5 Å². The zero-order valence-electron chi connectivity index (χ0n) is 24.0. The number of amides is 2. The molecule has 44 heavy (non-hydrogen) atoms. The van der Waals surface area contributed by atoms with Gasteiger partial charge in [-0.2, -0.15) is 5.10 Å². The topological polar surface area (TPSA) is 161 Å². The number of hydrogen-bond donors (Lipinski definition) is 3. The molecule has 230 valence electrons. The quantitative estimate of drug-likeness (QED) is 0.173. The van der Waals surface area contributed by atoms with Crippen molar-refractivity contribution in [3.8, 4) is 11.5 Å². The number of carbonyl (C=O) groups excluding carboxylic acids is 1. The summed E-state index contributed by atoms with van der Waals surface area (Å²) in [6.07, 6.45) is 2.86. The summed E-state index contributed by atoms with van der Waals surface area (Å²) < 4.78 is 31.0. The summed E-state index contributed by atoms with van der Waals surface area (Å²) in [5, 5.41) is 13.3. The lowest BCUT2D eigenvalue weighted by molar-refractivity contribution is 0.114. The lowest BCUT2D eigenvalue weighted by atomic mass is 10.2. The number of fused-ring (bicyclic) bond motifs is 1. The van der Waals surface area contributed by atoms with Gasteiger partial charge in [-0.25, -0.2) is 38.2 Å². The maximum absolute atomic E-state index is 14.7. The number of hydrogen-bond acceptors (Lipinski definition) is 8. The van der Waals surface area contributed by atoms with Gasteiger partial charge in [-0.05, 0) is 56.6 Å². The Morgan fingerprint density at radius 3 is 2.48 bits per heavy atom. The second-order valence-electron chi connectivity index (χ2n) is 9.63. The molecule has 0 spiro atoms. The number of benzene rings is 1. The maximum atomic E-state index is 14.7. The molecule has 0 atom stereocenters. The minimum Gasteiger partial charge on any atom is -0.306 e. The number of nitrogens with zero attached hydrogens (tertiary/aromatic N) is 6. The molecular weight excluding hydrogens is 580 g/mol. The van der Waals surface area contributed by atoms with Crippen molar-refractivity contribution in [1.29, 1.82) is 0 Å². The molecule has 3 aromatic heterocycles. The average molecular weight is 610 g/mol. The number of allylic oxidation sites excluding steroid dienone is 5. The van der Waals surface area contributed by atoms with Crippen molar-refractivity contribution in [2.24, 2.45) is 0 Å². The fourth-order valence-corrected chi connectivity index (χ4v) is 4.28. The number of aryl methyl sites for hydroxylation is 1. The van der Waals surface area contributed by atoms with Crippen LogP contribution in [0.3, 0.4) is 0 Å². The Morgan fingerprint density at radius 2 is 1.86 bits per heavy atom. The van der Waals surface area contributed by atoms with Crippen LogP contribution in [0.1, 0.15) is 12.1 Å². The van der Waals surface area contributed by atoms with E-state index in [9.17, 15) is 28.0 Å². The lowest BCUT2D eigenvalue weighted by Crippen LogP contribution is -2.40. The van der Waals surface area contributed by atoms with E-state index in [0.717, 1.165) is 33.4 Å². The lowest BCUT2D eigenvalue weighted by Gasteiger charge is -2.13. The zero-order valence-corrected chi connectivity index (χ0v) is 24.0. The molecule has 0 saturated heterocycles. The first-order valence-corrected chi connectivity index (χ1v) is 13.1. The van der Waals surface area contributed by atoms with Crippen LogP contribution in [0.2, 0.25) is 0 Å². The molecule has 1 aromatic carbocycles. The number of nitrogens with one attached hydrogen (secondary N) is 3. The average Bonchev–Trinajstić information content (AvgIpc) is 3.32. The van der Waals surface area contributed by atoms with E-state index in [1.807, 2.05) is 0 Å². The number of anilines is 1. The minimum absolute atomic E-state index is 0.0142. The first-order chi connectivity index (χ1) is 21.0. The summed E-state index contributed by atoms with van der Waals surface area (Å²) in [4.78, 5) is 57.5. The fraction of sp³-hybridized carbons (Fsp3) is 0.214. The van der Waals surface area contributed by atoms with Crippen molar-refractivity contribution in [2.45, 2.75) is 19.5 Å². The second kappa shape index (κ2) is 13.7. The molecule has 3 N–H and O–H groups in total. The van der Waals surface area contributed by atoms with Crippen LogP contribution in [0.25, 0.3) is 22.5 Å². The third-order valence-electron chi connectivity index (χ3n) is 6.11. The van der Waals surface area contributed by atoms with Gasteiger partial charge in [-0.15, -0.1) is 5.10 Å². The second-order valence-corrected chi connectivity index (χ2v) is 9.63. The predicted octanol–water partition coefficient (Wildman–Crippen LogP) is 2.45. The standard InChI is InChI=1S/C28H29F2N9O5/c1-17(29)6-5-7-18(30)14-15-37-25-24(26(41)38(28(37)43)22-12-13-23(40)33-32-22)21(16-36(2)3)39(34-25)20-10-8-19(9-11-20)31-27(42)35-44-4/h5-13H,1,14-16H2,2-4H3,(H,33,40)(H2,31,35,42)/b6-5-,18-7+. The molecule has 2 amide bonds. The highest BCUT2D eigenvalue weighted by Gasteiger charge is 2.24. The molecule has 0 bridgehead atoms. The molecule has 16 heteroatoms. The maximum Gasteiger partial charge on any atom is 0.343 e. The summed E-state index contributed by atoms with van der Waals surface area (Å²) in [5.41, 5.74) is 1.29. The largest absolute Gasteiger partial charge is 0.343 e. The summed E-state index contributed by atoms with van der Waals surface area (Å²) in [5.74, 6) is -1.58. The molecule has 0 aliphatic rings.